The number of phenols is 1. The number of nitrogens with one attached hydrogen (secondary N) is 1. The number of phenolic OH excluding ortho intramolecular Hbond substituents is 1. The predicted molar refractivity (Wildman–Crippen MR) is 92.5 cm³/mol. The number of methoxy groups -OCH3 is 1. The maximum absolute atomic E-state index is 14.2. The Kier molecular flexibility index (Phi) is 4.14. The molecule has 0 saturated carbocycles. The molecule has 0 fully saturated rings. The molecule has 1 atom stereocenters. The van der Waals surface area contributed by atoms with Crippen molar-refractivity contribution < 1.29 is 14.2 Å². The van der Waals surface area contributed by atoms with Crippen LogP contribution in [-0.2, 0) is 0 Å². The fraction of sp³-hybridized carbons (Fsp3) is 0.111. The minimum Gasteiger partial charge on any atom is -0.504 e. The molecule has 6 N–H and O–H groups in total. The number of ether oxygens (including phenoxy) is 1. The predicted octanol–water partition coefficient (Wildman–Crippen LogP) is 2.43. The van der Waals surface area contributed by atoms with E-state index >= 15 is 0 Å². The number of allylic oxidation sites excluding steroid dienone is 2. The van der Waals surface area contributed by atoms with Crippen molar-refractivity contribution in [1.29, 1.82) is 0 Å². The highest BCUT2D eigenvalue weighted by Crippen LogP contribution is 2.33. The number of rotatable bonds is 3. The largest absolute Gasteiger partial charge is 0.504 e. The molecular weight excluding hydrogens is 309 g/mol. The maximum Gasteiger partial charge on any atom is 0.161 e. The summed E-state index contributed by atoms with van der Waals surface area (Å²) in [5.74, 6) is -0.0176. The van der Waals surface area contributed by atoms with E-state index < -0.39 is 12.0 Å². The zero-order valence-electron chi connectivity index (χ0n) is 13.1. The second kappa shape index (κ2) is 6.25. The Balaban J connectivity index is 2.03. The molecule has 1 unspecified atom stereocenters. The Morgan fingerprint density at radius 3 is 2.71 bits per heavy atom. The summed E-state index contributed by atoms with van der Waals surface area (Å²) < 4.78 is 19.4. The summed E-state index contributed by atoms with van der Waals surface area (Å²) in [4.78, 5) is 0. The first-order valence-electron chi connectivity index (χ1n) is 7.36. The highest BCUT2D eigenvalue weighted by Gasteiger charge is 2.19. The van der Waals surface area contributed by atoms with Gasteiger partial charge < -0.3 is 26.6 Å². The van der Waals surface area contributed by atoms with Crippen LogP contribution >= 0.6 is 0 Å². The van der Waals surface area contributed by atoms with Gasteiger partial charge in [0.05, 0.1) is 7.11 Å². The number of nitrogens with two attached hydrogens (primary N) is 2. The molecule has 0 radical (unpaired) electrons. The molecule has 0 bridgehead atoms. The molecule has 6 heteroatoms. The minimum atomic E-state index is -0.536. The molecule has 0 aromatic heterocycles. The molecule has 124 valence electrons. The Morgan fingerprint density at radius 1 is 1.21 bits per heavy atom. The zero-order chi connectivity index (χ0) is 17.3. The van der Waals surface area contributed by atoms with E-state index in [0.29, 0.717) is 22.6 Å². The summed E-state index contributed by atoms with van der Waals surface area (Å²) in [7, 11) is 1.48. The standard InChI is InChI=1S/C18H18FN3O2/c1-24-17-7-10(2-5-16(17)23)11-6-14(18(21)22-9-11)13-4-3-12(20)8-15(13)19/h2-9,18,22-23H,20-21H2,1H3. The molecular formula is C18H18FN3O2. The van der Waals surface area contributed by atoms with E-state index in [9.17, 15) is 9.50 Å². The first-order chi connectivity index (χ1) is 11.5. The van der Waals surface area contributed by atoms with E-state index in [2.05, 4.69) is 5.32 Å². The van der Waals surface area contributed by atoms with Crippen molar-refractivity contribution in [3.05, 3.63) is 65.6 Å². The van der Waals surface area contributed by atoms with Gasteiger partial charge in [-0.15, -0.1) is 0 Å². The smallest absolute Gasteiger partial charge is 0.161 e. The number of aromatic hydroxyl groups is 1. The van der Waals surface area contributed by atoms with Gasteiger partial charge in [-0.2, -0.15) is 0 Å². The molecule has 0 aliphatic carbocycles. The van der Waals surface area contributed by atoms with Gasteiger partial charge in [0.25, 0.3) is 0 Å². The first-order valence-corrected chi connectivity index (χ1v) is 7.36. The molecule has 1 aliphatic heterocycles. The van der Waals surface area contributed by atoms with Crippen LogP contribution in [0.1, 0.15) is 11.1 Å². The minimum absolute atomic E-state index is 0.0519. The fourth-order valence-electron chi connectivity index (χ4n) is 2.60. The topological polar surface area (TPSA) is 93.5 Å². The van der Waals surface area contributed by atoms with Crippen molar-refractivity contribution in [1.82, 2.24) is 5.32 Å². The average Bonchev–Trinajstić information content (AvgIpc) is 2.56. The van der Waals surface area contributed by atoms with E-state index in [-0.39, 0.29) is 5.75 Å². The van der Waals surface area contributed by atoms with Crippen molar-refractivity contribution >= 4 is 16.8 Å². The van der Waals surface area contributed by atoms with Crippen LogP contribution in [0.4, 0.5) is 10.1 Å². The van der Waals surface area contributed by atoms with Crippen molar-refractivity contribution in [2.75, 3.05) is 12.8 Å². The van der Waals surface area contributed by atoms with E-state index in [1.807, 2.05) is 6.08 Å². The summed E-state index contributed by atoms with van der Waals surface area (Å²) in [6.07, 6.45) is 3.02. The molecule has 3 rings (SSSR count). The van der Waals surface area contributed by atoms with Gasteiger partial charge in [-0.3, -0.25) is 0 Å². The molecule has 1 heterocycles. The lowest BCUT2D eigenvalue weighted by molar-refractivity contribution is 0.373. The van der Waals surface area contributed by atoms with Crippen molar-refractivity contribution in [3.63, 3.8) is 0 Å². The summed E-state index contributed by atoms with van der Waals surface area (Å²) in [5, 5.41) is 12.7. The van der Waals surface area contributed by atoms with Crippen LogP contribution in [0.15, 0.2) is 48.7 Å². The third-order valence-electron chi connectivity index (χ3n) is 3.88. The van der Waals surface area contributed by atoms with Gasteiger partial charge >= 0.3 is 0 Å². The second-order valence-corrected chi connectivity index (χ2v) is 5.47. The van der Waals surface area contributed by atoms with E-state index in [1.54, 1.807) is 36.5 Å². The Bertz CT molecular complexity index is 846. The maximum atomic E-state index is 14.2. The number of hydrogen-bond donors (Lipinski definition) is 4. The lowest BCUT2D eigenvalue weighted by Gasteiger charge is -2.23. The molecule has 0 amide bonds. The van der Waals surface area contributed by atoms with Crippen LogP contribution < -0.4 is 21.5 Å². The van der Waals surface area contributed by atoms with E-state index in [4.69, 9.17) is 16.2 Å². The van der Waals surface area contributed by atoms with Crippen molar-refractivity contribution in [2.45, 2.75) is 6.17 Å². The SMILES string of the molecule is COc1cc(C2=CNC(N)C(c3ccc(N)cc3F)=C2)ccc1O. The normalized spacial score (nSPS) is 16.9. The molecule has 2 aromatic rings. The van der Waals surface area contributed by atoms with Gasteiger partial charge in [0.15, 0.2) is 11.5 Å². The Hall–Kier alpha value is -2.99. The number of anilines is 1. The van der Waals surface area contributed by atoms with Gasteiger partial charge in [-0.05, 0) is 53.1 Å². The molecule has 24 heavy (non-hydrogen) atoms. The number of dihydropyridines is 1. The summed E-state index contributed by atoms with van der Waals surface area (Å²) >= 11 is 0. The first kappa shape index (κ1) is 15.9. The molecule has 0 spiro atoms. The van der Waals surface area contributed by atoms with Gasteiger partial charge in [0.1, 0.15) is 12.0 Å². The van der Waals surface area contributed by atoms with Gasteiger partial charge in [-0.1, -0.05) is 6.07 Å². The lowest BCUT2D eigenvalue weighted by Crippen LogP contribution is -2.37. The summed E-state index contributed by atoms with van der Waals surface area (Å²) in [6, 6.07) is 9.50. The van der Waals surface area contributed by atoms with Crippen molar-refractivity contribution in [2.24, 2.45) is 5.73 Å². The molecule has 1 aliphatic rings. The van der Waals surface area contributed by atoms with Crippen LogP contribution in [0.2, 0.25) is 0 Å². The highest BCUT2D eigenvalue weighted by atomic mass is 19.1. The molecule has 5 nitrogen and oxygen atoms in total. The summed E-state index contributed by atoms with van der Waals surface area (Å²) in [5.41, 5.74) is 14.6. The number of hydrogen-bond acceptors (Lipinski definition) is 5. The summed E-state index contributed by atoms with van der Waals surface area (Å²) in [6.45, 7) is 0. The van der Waals surface area contributed by atoms with Crippen LogP contribution in [0.3, 0.4) is 0 Å². The van der Waals surface area contributed by atoms with E-state index in [1.165, 1.54) is 13.2 Å². The van der Waals surface area contributed by atoms with Crippen LogP contribution in [0.5, 0.6) is 11.5 Å². The Morgan fingerprint density at radius 2 is 2.00 bits per heavy atom. The van der Waals surface area contributed by atoms with Gasteiger partial charge in [-0.25, -0.2) is 4.39 Å². The van der Waals surface area contributed by atoms with Crippen LogP contribution in [0.25, 0.3) is 11.1 Å². The second-order valence-electron chi connectivity index (χ2n) is 5.47. The zero-order valence-corrected chi connectivity index (χ0v) is 13.1. The third-order valence-corrected chi connectivity index (χ3v) is 3.88. The average molecular weight is 327 g/mol. The van der Waals surface area contributed by atoms with Gasteiger partial charge in [0, 0.05) is 17.5 Å². The molecule has 0 saturated heterocycles. The molecule has 2 aromatic carbocycles. The van der Waals surface area contributed by atoms with Crippen LogP contribution in [0, 0.1) is 5.82 Å². The highest BCUT2D eigenvalue weighted by molar-refractivity contribution is 5.88. The Labute approximate surface area is 139 Å². The third kappa shape index (κ3) is 2.91. The van der Waals surface area contributed by atoms with Crippen molar-refractivity contribution in [3.8, 4) is 11.5 Å². The van der Waals surface area contributed by atoms with E-state index in [0.717, 1.165) is 11.1 Å². The van der Waals surface area contributed by atoms with Crippen LogP contribution in [-0.4, -0.2) is 18.4 Å². The number of nitrogen functional groups attached to an aromatic ring is 1. The monoisotopic (exact) mass is 327 g/mol. The number of halogens is 1. The fourth-order valence-corrected chi connectivity index (χ4v) is 2.60. The quantitative estimate of drug-likeness (QED) is 0.650. The van der Waals surface area contributed by atoms with Gasteiger partial charge in [0.2, 0.25) is 0 Å². The lowest BCUT2D eigenvalue weighted by atomic mass is 9.94. The number of benzene rings is 2.